The summed E-state index contributed by atoms with van der Waals surface area (Å²) in [4.78, 5) is 23.9. The number of halogens is 1. The Bertz CT molecular complexity index is 544. The van der Waals surface area contributed by atoms with E-state index in [9.17, 15) is 14.0 Å². The number of carbonyl (C=O) groups is 2. The number of carboxylic acid groups (broad SMARTS) is 1. The summed E-state index contributed by atoms with van der Waals surface area (Å²) in [5.74, 6) is -1.73. The van der Waals surface area contributed by atoms with Crippen LogP contribution in [-0.2, 0) is 9.59 Å². The van der Waals surface area contributed by atoms with E-state index in [1.165, 1.54) is 18.2 Å². The van der Waals surface area contributed by atoms with Crippen molar-refractivity contribution in [3.05, 3.63) is 35.7 Å². The first-order chi connectivity index (χ1) is 9.96. The van der Waals surface area contributed by atoms with E-state index in [1.807, 2.05) is 13.8 Å². The minimum absolute atomic E-state index is 0.121. The van der Waals surface area contributed by atoms with Gasteiger partial charge in [-0.3, -0.25) is 4.79 Å². The number of amides is 1. The van der Waals surface area contributed by atoms with Crippen molar-refractivity contribution in [1.82, 2.24) is 5.32 Å². The fourth-order valence-corrected chi connectivity index (χ4v) is 1.85. The summed E-state index contributed by atoms with van der Waals surface area (Å²) in [5.41, 5.74) is 0.968. The first-order valence-corrected chi connectivity index (χ1v) is 6.69. The second-order valence-electron chi connectivity index (χ2n) is 4.38. The Morgan fingerprint density at radius 2 is 2.05 bits per heavy atom. The van der Waals surface area contributed by atoms with Crippen LogP contribution in [0.15, 0.2) is 24.3 Å². The summed E-state index contributed by atoms with van der Waals surface area (Å²) < 4.78 is 13.6. The van der Waals surface area contributed by atoms with Gasteiger partial charge >= 0.3 is 5.97 Å². The number of likely N-dealkylation sites (N-methyl/N-ethyl adjacent to an activating group) is 2. The molecule has 0 radical (unpaired) electrons. The van der Waals surface area contributed by atoms with Gasteiger partial charge in [-0.1, -0.05) is 0 Å². The molecule has 0 fully saturated rings. The predicted octanol–water partition coefficient (Wildman–Crippen LogP) is 1.89. The van der Waals surface area contributed by atoms with Gasteiger partial charge < -0.3 is 15.3 Å². The van der Waals surface area contributed by atoms with Gasteiger partial charge in [-0.05, 0) is 43.7 Å². The van der Waals surface area contributed by atoms with Crippen molar-refractivity contribution < 1.29 is 19.1 Å². The maximum atomic E-state index is 13.6. The number of hydrogen-bond donors (Lipinski definition) is 2. The SMILES string of the molecule is CCNC(=O)CN(CC)c1cc(F)cc(/C=C/C(=O)O)c1. The van der Waals surface area contributed by atoms with E-state index < -0.39 is 11.8 Å². The van der Waals surface area contributed by atoms with Gasteiger partial charge in [-0.25, -0.2) is 9.18 Å². The number of aliphatic carboxylic acids is 1. The third-order valence-electron chi connectivity index (χ3n) is 2.78. The Morgan fingerprint density at radius 1 is 1.33 bits per heavy atom. The molecule has 1 aromatic rings. The van der Waals surface area contributed by atoms with Gasteiger partial charge in [0, 0.05) is 24.9 Å². The van der Waals surface area contributed by atoms with Gasteiger partial charge in [0.25, 0.3) is 0 Å². The number of anilines is 1. The number of nitrogens with one attached hydrogen (secondary N) is 1. The molecule has 6 heteroatoms. The predicted molar refractivity (Wildman–Crippen MR) is 79.6 cm³/mol. The van der Waals surface area contributed by atoms with Gasteiger partial charge in [0.15, 0.2) is 0 Å². The highest BCUT2D eigenvalue weighted by Crippen LogP contribution is 2.19. The van der Waals surface area contributed by atoms with Gasteiger partial charge in [0.1, 0.15) is 5.82 Å². The lowest BCUT2D eigenvalue weighted by atomic mass is 10.1. The molecule has 0 aromatic heterocycles. The Labute approximate surface area is 123 Å². The minimum atomic E-state index is -1.10. The van der Waals surface area contributed by atoms with Crippen molar-refractivity contribution >= 4 is 23.6 Å². The van der Waals surface area contributed by atoms with Crippen LogP contribution in [0.4, 0.5) is 10.1 Å². The topological polar surface area (TPSA) is 69.6 Å². The first-order valence-electron chi connectivity index (χ1n) is 6.69. The molecule has 0 aliphatic heterocycles. The molecule has 0 saturated heterocycles. The van der Waals surface area contributed by atoms with Crippen LogP contribution in [0.5, 0.6) is 0 Å². The van der Waals surface area contributed by atoms with Crippen molar-refractivity contribution in [2.45, 2.75) is 13.8 Å². The average molecular weight is 294 g/mol. The summed E-state index contributed by atoms with van der Waals surface area (Å²) >= 11 is 0. The summed E-state index contributed by atoms with van der Waals surface area (Å²) in [6, 6.07) is 4.20. The third kappa shape index (κ3) is 5.64. The summed E-state index contributed by atoms with van der Waals surface area (Å²) in [5, 5.41) is 11.3. The maximum absolute atomic E-state index is 13.6. The van der Waals surface area contributed by atoms with E-state index in [-0.39, 0.29) is 12.5 Å². The quantitative estimate of drug-likeness (QED) is 0.753. The van der Waals surface area contributed by atoms with Crippen molar-refractivity contribution in [3.63, 3.8) is 0 Å². The molecular weight excluding hydrogens is 275 g/mol. The largest absolute Gasteiger partial charge is 0.478 e. The van der Waals surface area contributed by atoms with Crippen LogP contribution < -0.4 is 10.2 Å². The molecule has 2 N–H and O–H groups in total. The molecule has 21 heavy (non-hydrogen) atoms. The number of nitrogens with zero attached hydrogens (tertiary/aromatic N) is 1. The summed E-state index contributed by atoms with van der Waals surface area (Å²) in [6.07, 6.45) is 2.26. The molecule has 0 heterocycles. The van der Waals surface area contributed by atoms with E-state index in [0.29, 0.717) is 24.3 Å². The second-order valence-corrected chi connectivity index (χ2v) is 4.38. The molecular formula is C15H19FN2O3. The first kappa shape index (κ1) is 16.7. The lowest BCUT2D eigenvalue weighted by Crippen LogP contribution is -2.37. The third-order valence-corrected chi connectivity index (χ3v) is 2.78. The van der Waals surface area contributed by atoms with Crippen LogP contribution in [-0.4, -0.2) is 36.6 Å². The Morgan fingerprint density at radius 3 is 2.62 bits per heavy atom. The molecule has 0 spiro atoms. The average Bonchev–Trinajstić information content (AvgIpc) is 2.42. The van der Waals surface area contributed by atoms with Crippen LogP contribution in [0.2, 0.25) is 0 Å². The molecule has 0 bridgehead atoms. The van der Waals surface area contributed by atoms with Crippen LogP contribution in [0.1, 0.15) is 19.4 Å². The van der Waals surface area contributed by atoms with Crippen molar-refractivity contribution in [2.75, 3.05) is 24.5 Å². The van der Waals surface area contributed by atoms with Crippen molar-refractivity contribution in [1.29, 1.82) is 0 Å². The van der Waals surface area contributed by atoms with Crippen LogP contribution in [0, 0.1) is 5.82 Å². The monoisotopic (exact) mass is 294 g/mol. The van der Waals surface area contributed by atoms with Crippen molar-refractivity contribution in [3.8, 4) is 0 Å². The van der Waals surface area contributed by atoms with E-state index in [0.717, 1.165) is 6.08 Å². The normalized spacial score (nSPS) is 10.6. The second kappa shape index (κ2) is 8.04. The van der Waals surface area contributed by atoms with Crippen LogP contribution in [0.3, 0.4) is 0 Å². The maximum Gasteiger partial charge on any atom is 0.328 e. The molecule has 114 valence electrons. The van der Waals surface area contributed by atoms with E-state index in [4.69, 9.17) is 5.11 Å². The Balaban J connectivity index is 2.98. The number of carboxylic acids is 1. The fraction of sp³-hybridized carbons (Fsp3) is 0.333. The molecule has 1 amide bonds. The highest BCUT2D eigenvalue weighted by molar-refractivity contribution is 5.85. The molecule has 1 aromatic carbocycles. The summed E-state index contributed by atoms with van der Waals surface area (Å²) in [7, 11) is 0. The molecule has 1 rings (SSSR count). The molecule has 0 unspecified atom stereocenters. The molecule has 0 aliphatic rings. The lowest BCUT2D eigenvalue weighted by Gasteiger charge is -2.22. The number of hydrogen-bond acceptors (Lipinski definition) is 3. The Hall–Kier alpha value is -2.37. The number of rotatable bonds is 7. The van der Waals surface area contributed by atoms with Gasteiger partial charge in [-0.2, -0.15) is 0 Å². The van der Waals surface area contributed by atoms with Crippen molar-refractivity contribution in [2.24, 2.45) is 0 Å². The molecule has 5 nitrogen and oxygen atoms in total. The van der Waals surface area contributed by atoms with E-state index in [1.54, 1.807) is 11.0 Å². The highest BCUT2D eigenvalue weighted by atomic mass is 19.1. The minimum Gasteiger partial charge on any atom is -0.478 e. The Kier molecular flexibility index (Phi) is 6.39. The molecule has 0 atom stereocenters. The molecule has 0 aliphatic carbocycles. The lowest BCUT2D eigenvalue weighted by molar-refractivity contribution is -0.131. The fourth-order valence-electron chi connectivity index (χ4n) is 1.85. The van der Waals surface area contributed by atoms with Gasteiger partial charge in [0.2, 0.25) is 5.91 Å². The standard InChI is InChI=1S/C15H19FN2O3/c1-3-17-14(19)10-18(4-2)13-8-11(5-6-15(20)21)7-12(16)9-13/h5-9H,3-4,10H2,1-2H3,(H,17,19)(H,20,21)/b6-5+. The van der Waals surface area contributed by atoms with Gasteiger partial charge in [-0.15, -0.1) is 0 Å². The smallest absolute Gasteiger partial charge is 0.328 e. The zero-order chi connectivity index (χ0) is 15.8. The van der Waals surface area contributed by atoms with Gasteiger partial charge in [0.05, 0.1) is 6.54 Å². The number of benzene rings is 1. The van der Waals surface area contributed by atoms with E-state index in [2.05, 4.69) is 5.32 Å². The van der Waals surface area contributed by atoms with Crippen LogP contribution >= 0.6 is 0 Å². The molecule has 0 saturated carbocycles. The zero-order valence-corrected chi connectivity index (χ0v) is 12.1. The highest BCUT2D eigenvalue weighted by Gasteiger charge is 2.11. The summed E-state index contributed by atoms with van der Waals surface area (Å²) in [6.45, 7) is 4.87. The zero-order valence-electron chi connectivity index (χ0n) is 12.1. The number of carbonyl (C=O) groups excluding carboxylic acids is 1. The van der Waals surface area contributed by atoms with E-state index >= 15 is 0 Å². The van der Waals surface area contributed by atoms with Crippen LogP contribution in [0.25, 0.3) is 6.08 Å².